The Morgan fingerprint density at radius 2 is 2.04 bits per heavy atom. The van der Waals surface area contributed by atoms with Crippen LogP contribution in [0.2, 0.25) is 0 Å². The van der Waals surface area contributed by atoms with Crippen molar-refractivity contribution in [2.45, 2.75) is 38.6 Å². The van der Waals surface area contributed by atoms with Gasteiger partial charge in [0.15, 0.2) is 0 Å². The van der Waals surface area contributed by atoms with Crippen LogP contribution in [0.15, 0.2) is 24.3 Å². The summed E-state index contributed by atoms with van der Waals surface area (Å²) in [5.74, 6) is -0.248. The summed E-state index contributed by atoms with van der Waals surface area (Å²) in [5, 5.41) is 11.5. The molecule has 1 aromatic carbocycles. The van der Waals surface area contributed by atoms with Gasteiger partial charge in [0, 0.05) is 12.2 Å². The van der Waals surface area contributed by atoms with Crippen LogP contribution < -0.4 is 5.32 Å². The SMILES string of the molecule is CCCS(=O)(=O)N1CCCCC1C(=O)Nc1ccc(C#N)cc1. The van der Waals surface area contributed by atoms with E-state index < -0.39 is 16.1 Å². The molecule has 1 fully saturated rings. The lowest BCUT2D eigenvalue weighted by Crippen LogP contribution is -2.50. The number of nitrogens with one attached hydrogen (secondary N) is 1. The summed E-state index contributed by atoms with van der Waals surface area (Å²) in [7, 11) is -3.40. The maximum absolute atomic E-state index is 12.5. The Balaban J connectivity index is 2.13. The number of amides is 1. The van der Waals surface area contributed by atoms with Crippen molar-refractivity contribution in [1.29, 1.82) is 5.26 Å². The fourth-order valence-electron chi connectivity index (χ4n) is 2.73. The summed E-state index contributed by atoms with van der Waals surface area (Å²) in [6, 6.07) is 7.87. The number of anilines is 1. The maximum Gasteiger partial charge on any atom is 0.242 e. The van der Waals surface area contributed by atoms with Gasteiger partial charge < -0.3 is 5.32 Å². The van der Waals surface area contributed by atoms with E-state index in [2.05, 4.69) is 5.32 Å². The van der Waals surface area contributed by atoms with E-state index in [0.29, 0.717) is 30.6 Å². The second-order valence-corrected chi connectivity index (χ2v) is 7.66. The summed E-state index contributed by atoms with van der Waals surface area (Å²) < 4.78 is 26.0. The van der Waals surface area contributed by atoms with Crippen LogP contribution in [-0.4, -0.2) is 37.0 Å². The normalized spacial score (nSPS) is 19.0. The summed E-state index contributed by atoms with van der Waals surface area (Å²) in [6.45, 7) is 2.21. The van der Waals surface area contributed by atoms with Crippen molar-refractivity contribution in [3.63, 3.8) is 0 Å². The average Bonchev–Trinajstić information content (AvgIpc) is 2.55. The van der Waals surface area contributed by atoms with Crippen molar-refractivity contribution in [2.24, 2.45) is 0 Å². The zero-order valence-corrected chi connectivity index (χ0v) is 14.0. The Hall–Kier alpha value is -1.91. The van der Waals surface area contributed by atoms with Crippen molar-refractivity contribution >= 4 is 21.6 Å². The zero-order chi connectivity index (χ0) is 16.9. The van der Waals surface area contributed by atoms with Crippen LogP contribution in [0, 0.1) is 11.3 Å². The topological polar surface area (TPSA) is 90.3 Å². The molecule has 1 aliphatic heterocycles. The number of benzene rings is 1. The Morgan fingerprint density at radius 3 is 2.65 bits per heavy atom. The van der Waals surface area contributed by atoms with Gasteiger partial charge in [-0.2, -0.15) is 9.57 Å². The van der Waals surface area contributed by atoms with E-state index in [-0.39, 0.29) is 11.7 Å². The lowest BCUT2D eigenvalue weighted by molar-refractivity contribution is -0.120. The van der Waals surface area contributed by atoms with Crippen LogP contribution >= 0.6 is 0 Å². The molecule has 6 nitrogen and oxygen atoms in total. The molecular weight excluding hydrogens is 314 g/mol. The molecule has 1 unspecified atom stereocenters. The third-order valence-electron chi connectivity index (χ3n) is 3.86. The van der Waals surface area contributed by atoms with E-state index in [1.807, 2.05) is 13.0 Å². The van der Waals surface area contributed by atoms with Crippen molar-refractivity contribution in [1.82, 2.24) is 4.31 Å². The van der Waals surface area contributed by atoms with Crippen LogP contribution in [0.4, 0.5) is 5.69 Å². The third-order valence-corrected chi connectivity index (χ3v) is 5.93. The summed E-state index contributed by atoms with van der Waals surface area (Å²) in [4.78, 5) is 12.5. The summed E-state index contributed by atoms with van der Waals surface area (Å²) >= 11 is 0. The fraction of sp³-hybridized carbons (Fsp3) is 0.500. The van der Waals surface area contributed by atoms with E-state index in [1.165, 1.54) is 4.31 Å². The molecule has 1 heterocycles. The second kappa shape index (κ2) is 7.57. The Morgan fingerprint density at radius 1 is 1.35 bits per heavy atom. The first-order chi connectivity index (χ1) is 11.0. The molecule has 0 aromatic heterocycles. The molecular formula is C16H21N3O3S. The number of piperidine rings is 1. The Labute approximate surface area is 137 Å². The first-order valence-electron chi connectivity index (χ1n) is 7.78. The molecule has 124 valence electrons. The number of carbonyl (C=O) groups excluding carboxylic acids is 1. The molecule has 2 rings (SSSR count). The number of hydrogen-bond donors (Lipinski definition) is 1. The lowest BCUT2D eigenvalue weighted by Gasteiger charge is -2.33. The molecule has 1 N–H and O–H groups in total. The van der Waals surface area contributed by atoms with Crippen molar-refractivity contribution in [3.05, 3.63) is 29.8 Å². The molecule has 0 saturated carbocycles. The average molecular weight is 335 g/mol. The van der Waals surface area contributed by atoms with E-state index in [0.717, 1.165) is 12.8 Å². The zero-order valence-electron chi connectivity index (χ0n) is 13.2. The number of nitriles is 1. The second-order valence-electron chi connectivity index (χ2n) is 5.62. The number of sulfonamides is 1. The quantitative estimate of drug-likeness (QED) is 0.892. The van der Waals surface area contributed by atoms with Gasteiger partial charge in [-0.15, -0.1) is 0 Å². The number of rotatable bonds is 5. The monoisotopic (exact) mass is 335 g/mol. The van der Waals surface area contributed by atoms with Gasteiger partial charge in [0.25, 0.3) is 0 Å². The first-order valence-corrected chi connectivity index (χ1v) is 9.39. The minimum Gasteiger partial charge on any atom is -0.325 e. The van der Waals surface area contributed by atoms with Gasteiger partial charge in [-0.1, -0.05) is 13.3 Å². The first kappa shape index (κ1) is 17.4. The van der Waals surface area contributed by atoms with Gasteiger partial charge in [0.05, 0.1) is 17.4 Å². The molecule has 1 amide bonds. The van der Waals surface area contributed by atoms with Gasteiger partial charge in [-0.3, -0.25) is 4.79 Å². The Bertz CT molecular complexity index is 692. The minimum absolute atomic E-state index is 0.0631. The van der Waals surface area contributed by atoms with Gasteiger partial charge in [0.2, 0.25) is 15.9 Å². The highest BCUT2D eigenvalue weighted by molar-refractivity contribution is 7.89. The van der Waals surface area contributed by atoms with Crippen LogP contribution in [0.1, 0.15) is 38.2 Å². The molecule has 1 atom stereocenters. The van der Waals surface area contributed by atoms with Crippen LogP contribution in [0.3, 0.4) is 0 Å². The molecule has 7 heteroatoms. The maximum atomic E-state index is 12.5. The lowest BCUT2D eigenvalue weighted by atomic mass is 10.0. The molecule has 23 heavy (non-hydrogen) atoms. The highest BCUT2D eigenvalue weighted by atomic mass is 32.2. The van der Waals surface area contributed by atoms with Crippen LogP contribution in [0.5, 0.6) is 0 Å². The van der Waals surface area contributed by atoms with E-state index >= 15 is 0 Å². The molecule has 1 aliphatic rings. The van der Waals surface area contributed by atoms with Gasteiger partial charge >= 0.3 is 0 Å². The van der Waals surface area contributed by atoms with Crippen molar-refractivity contribution in [3.8, 4) is 6.07 Å². The molecule has 0 spiro atoms. The van der Waals surface area contributed by atoms with E-state index in [4.69, 9.17) is 5.26 Å². The number of carbonyl (C=O) groups is 1. The number of nitrogens with zero attached hydrogens (tertiary/aromatic N) is 2. The standard InChI is InChI=1S/C16H21N3O3S/c1-2-11-23(21,22)19-10-4-3-5-15(19)16(20)18-14-8-6-13(12-17)7-9-14/h6-9,15H,2-5,10-11H2,1H3,(H,18,20). The molecule has 0 bridgehead atoms. The highest BCUT2D eigenvalue weighted by Crippen LogP contribution is 2.23. The Kier molecular flexibility index (Phi) is 5.74. The van der Waals surface area contributed by atoms with Gasteiger partial charge in [-0.05, 0) is 43.5 Å². The predicted octanol–water partition coefficient (Wildman–Crippen LogP) is 2.09. The fourth-order valence-corrected chi connectivity index (χ4v) is 4.48. The van der Waals surface area contributed by atoms with Crippen molar-refractivity contribution < 1.29 is 13.2 Å². The van der Waals surface area contributed by atoms with Gasteiger partial charge in [0.1, 0.15) is 6.04 Å². The van der Waals surface area contributed by atoms with Crippen LogP contribution in [-0.2, 0) is 14.8 Å². The van der Waals surface area contributed by atoms with Crippen LogP contribution in [0.25, 0.3) is 0 Å². The number of hydrogen-bond acceptors (Lipinski definition) is 4. The molecule has 1 aromatic rings. The predicted molar refractivity (Wildman–Crippen MR) is 88.2 cm³/mol. The smallest absolute Gasteiger partial charge is 0.242 e. The van der Waals surface area contributed by atoms with E-state index in [9.17, 15) is 13.2 Å². The van der Waals surface area contributed by atoms with Gasteiger partial charge in [-0.25, -0.2) is 8.42 Å². The molecule has 0 aliphatic carbocycles. The summed E-state index contributed by atoms with van der Waals surface area (Å²) in [5.41, 5.74) is 1.07. The largest absolute Gasteiger partial charge is 0.325 e. The van der Waals surface area contributed by atoms with E-state index in [1.54, 1.807) is 24.3 Å². The molecule has 0 radical (unpaired) electrons. The molecule has 1 saturated heterocycles. The highest BCUT2D eigenvalue weighted by Gasteiger charge is 2.36. The minimum atomic E-state index is -3.40. The van der Waals surface area contributed by atoms with Crippen molar-refractivity contribution in [2.75, 3.05) is 17.6 Å². The summed E-state index contributed by atoms with van der Waals surface area (Å²) in [6.07, 6.45) is 2.68. The third kappa shape index (κ3) is 4.30.